The van der Waals surface area contributed by atoms with Crippen LogP contribution in [-0.4, -0.2) is 59.4 Å². The molecular weight excluding hydrogens is 500 g/mol. The van der Waals surface area contributed by atoms with E-state index >= 15 is 0 Å². The molecule has 2 atom stereocenters. The van der Waals surface area contributed by atoms with Gasteiger partial charge in [0.25, 0.3) is 0 Å². The second kappa shape index (κ2) is 10.6. The summed E-state index contributed by atoms with van der Waals surface area (Å²) < 4.78 is 33.7. The number of nitrogens with zero attached hydrogens (tertiary/aromatic N) is 3. The van der Waals surface area contributed by atoms with Gasteiger partial charge in [-0.3, -0.25) is 9.59 Å². The van der Waals surface area contributed by atoms with Crippen LogP contribution in [0.25, 0.3) is 0 Å². The van der Waals surface area contributed by atoms with Gasteiger partial charge in [0, 0.05) is 61.6 Å². The quantitative estimate of drug-likeness (QED) is 0.522. The number of amides is 2. The maximum Gasteiger partial charge on any atom is 0.228 e. The summed E-state index contributed by atoms with van der Waals surface area (Å²) in [4.78, 5) is 34.1. The first-order valence-corrected chi connectivity index (χ1v) is 13.4. The van der Waals surface area contributed by atoms with Crippen LogP contribution in [-0.2, 0) is 9.59 Å². The Labute approximate surface area is 220 Å². The summed E-state index contributed by atoms with van der Waals surface area (Å²) in [6.07, 6.45) is 5.38. The fraction of sp³-hybridized carbons (Fsp3) is 0.536. The summed E-state index contributed by atoms with van der Waals surface area (Å²) >= 11 is 5.91. The number of halogens is 3. The summed E-state index contributed by atoms with van der Waals surface area (Å²) in [6.45, 7) is 4.54. The molecule has 6 nitrogen and oxygen atoms in total. The molecule has 0 spiro atoms. The molecular formula is C28H32ClF2N3O3. The lowest BCUT2D eigenvalue weighted by atomic mass is 9.80. The molecule has 3 fully saturated rings. The number of likely N-dealkylation sites (tertiary alicyclic amines) is 2. The van der Waals surface area contributed by atoms with Crippen molar-refractivity contribution in [3.63, 3.8) is 0 Å². The number of hydrogen-bond acceptors (Lipinski definition) is 4. The Balaban J connectivity index is 1.25. The summed E-state index contributed by atoms with van der Waals surface area (Å²) in [7, 11) is 0. The van der Waals surface area contributed by atoms with Crippen molar-refractivity contribution in [1.82, 2.24) is 14.8 Å². The third-order valence-electron chi connectivity index (χ3n) is 8.23. The molecule has 1 aromatic heterocycles. The smallest absolute Gasteiger partial charge is 0.228 e. The average Bonchev–Trinajstić information content (AvgIpc) is 3.67. The molecule has 1 aromatic carbocycles. The topological polar surface area (TPSA) is 62.7 Å². The average molecular weight is 532 g/mol. The van der Waals surface area contributed by atoms with Crippen LogP contribution in [0.3, 0.4) is 0 Å². The van der Waals surface area contributed by atoms with Gasteiger partial charge in [0.15, 0.2) is 11.6 Å². The normalized spacial score (nSPS) is 23.6. The maximum absolute atomic E-state index is 14.1. The molecule has 0 radical (unpaired) electrons. The summed E-state index contributed by atoms with van der Waals surface area (Å²) in [5.41, 5.74) is 0.451. The van der Waals surface area contributed by atoms with Crippen LogP contribution < -0.4 is 4.74 Å². The first kappa shape index (κ1) is 25.9. The second-order valence-corrected chi connectivity index (χ2v) is 11.3. The highest BCUT2D eigenvalue weighted by Crippen LogP contribution is 2.47. The lowest BCUT2D eigenvalue weighted by molar-refractivity contribution is -0.144. The largest absolute Gasteiger partial charge is 0.477 e. The number of ether oxygens (including phenoxy) is 1. The van der Waals surface area contributed by atoms with E-state index in [2.05, 4.69) is 4.98 Å². The fourth-order valence-corrected chi connectivity index (χ4v) is 5.64. The molecule has 2 amide bonds. The molecule has 2 saturated heterocycles. The number of rotatable bonds is 6. The van der Waals surface area contributed by atoms with Gasteiger partial charge in [-0.05, 0) is 55.9 Å². The molecule has 1 saturated carbocycles. The molecule has 2 aromatic rings. The Hall–Kier alpha value is -2.74. The number of pyridine rings is 1. The molecule has 2 aliphatic heterocycles. The van der Waals surface area contributed by atoms with E-state index in [1.165, 1.54) is 12.3 Å². The number of carbonyl (C=O) groups is 2. The second-order valence-electron chi connectivity index (χ2n) is 10.9. The molecule has 3 heterocycles. The van der Waals surface area contributed by atoms with Gasteiger partial charge in [0.05, 0.1) is 11.6 Å². The lowest BCUT2D eigenvalue weighted by Crippen LogP contribution is -2.49. The minimum atomic E-state index is -0.901. The molecule has 5 rings (SSSR count). The molecule has 37 heavy (non-hydrogen) atoms. The van der Waals surface area contributed by atoms with Crippen LogP contribution in [0.4, 0.5) is 8.78 Å². The molecule has 0 N–H and O–H groups in total. The number of benzene rings is 1. The third-order valence-corrected chi connectivity index (χ3v) is 8.46. The summed E-state index contributed by atoms with van der Waals surface area (Å²) in [5, 5.41) is 0.510. The van der Waals surface area contributed by atoms with Crippen LogP contribution in [0, 0.1) is 28.9 Å². The molecule has 2 unspecified atom stereocenters. The molecule has 0 bridgehead atoms. The van der Waals surface area contributed by atoms with Gasteiger partial charge in [0.2, 0.25) is 17.7 Å². The van der Waals surface area contributed by atoms with E-state index in [1.807, 2.05) is 16.7 Å². The van der Waals surface area contributed by atoms with Gasteiger partial charge >= 0.3 is 0 Å². The summed E-state index contributed by atoms with van der Waals surface area (Å²) in [5.74, 6) is -1.42. The highest BCUT2D eigenvalue weighted by molar-refractivity contribution is 6.30. The summed E-state index contributed by atoms with van der Waals surface area (Å²) in [6, 6.07) is 7.34. The Morgan fingerprint density at radius 2 is 1.78 bits per heavy atom. The predicted molar refractivity (Wildman–Crippen MR) is 135 cm³/mol. The number of hydrogen-bond donors (Lipinski definition) is 0. The van der Waals surface area contributed by atoms with Crippen molar-refractivity contribution >= 4 is 23.4 Å². The van der Waals surface area contributed by atoms with Crippen molar-refractivity contribution in [1.29, 1.82) is 0 Å². The van der Waals surface area contributed by atoms with E-state index in [4.69, 9.17) is 16.3 Å². The number of aromatic nitrogens is 1. The SMILES string of the molecule is CC1(C(=O)N2CCC(C(=O)N3CCC(COc4ccc(Cl)cn4)C(c4ccc(F)c(F)c4)C3)CC2)CC1. The van der Waals surface area contributed by atoms with E-state index in [0.29, 0.717) is 68.5 Å². The van der Waals surface area contributed by atoms with Gasteiger partial charge in [-0.15, -0.1) is 0 Å². The number of piperidine rings is 2. The fourth-order valence-electron chi connectivity index (χ4n) is 5.53. The van der Waals surface area contributed by atoms with Crippen molar-refractivity contribution < 1.29 is 23.1 Å². The minimum Gasteiger partial charge on any atom is -0.477 e. The monoisotopic (exact) mass is 531 g/mol. The van der Waals surface area contributed by atoms with Crippen LogP contribution in [0.15, 0.2) is 36.5 Å². The van der Waals surface area contributed by atoms with E-state index in [-0.39, 0.29) is 35.0 Å². The van der Waals surface area contributed by atoms with E-state index in [9.17, 15) is 18.4 Å². The molecule has 3 aliphatic rings. The van der Waals surface area contributed by atoms with E-state index in [1.54, 1.807) is 18.2 Å². The van der Waals surface area contributed by atoms with Crippen LogP contribution in [0.1, 0.15) is 50.5 Å². The van der Waals surface area contributed by atoms with Crippen molar-refractivity contribution in [3.8, 4) is 5.88 Å². The highest BCUT2D eigenvalue weighted by Gasteiger charge is 2.48. The Bertz CT molecular complexity index is 1150. The molecule has 9 heteroatoms. The van der Waals surface area contributed by atoms with Crippen molar-refractivity contribution in [2.75, 3.05) is 32.8 Å². The Kier molecular flexibility index (Phi) is 7.39. The Morgan fingerprint density at radius 1 is 1.05 bits per heavy atom. The lowest BCUT2D eigenvalue weighted by Gasteiger charge is -2.41. The third kappa shape index (κ3) is 5.74. The zero-order valence-corrected chi connectivity index (χ0v) is 21.7. The van der Waals surface area contributed by atoms with Crippen LogP contribution in [0.2, 0.25) is 5.02 Å². The van der Waals surface area contributed by atoms with E-state index < -0.39 is 11.6 Å². The first-order chi connectivity index (χ1) is 17.7. The minimum absolute atomic E-state index is 0.00913. The zero-order chi connectivity index (χ0) is 26.2. The van der Waals surface area contributed by atoms with Gasteiger partial charge in [-0.25, -0.2) is 13.8 Å². The van der Waals surface area contributed by atoms with Gasteiger partial charge in [0.1, 0.15) is 0 Å². The zero-order valence-electron chi connectivity index (χ0n) is 21.0. The first-order valence-electron chi connectivity index (χ1n) is 13.0. The molecule has 198 valence electrons. The highest BCUT2D eigenvalue weighted by atomic mass is 35.5. The van der Waals surface area contributed by atoms with Crippen molar-refractivity contribution in [2.24, 2.45) is 17.3 Å². The molecule has 1 aliphatic carbocycles. The standard InChI is InChI=1S/C28H32ClF2N3O3/c1-28(9-10-28)27(36)33-11-6-18(7-12-33)26(35)34-13-8-20(17-37-25-5-3-21(29)15-32-25)22(16-34)19-2-4-23(30)24(31)14-19/h2-5,14-15,18,20,22H,6-13,16-17H2,1H3. The Morgan fingerprint density at radius 3 is 2.43 bits per heavy atom. The maximum atomic E-state index is 14.1. The van der Waals surface area contributed by atoms with Crippen molar-refractivity contribution in [2.45, 2.75) is 44.9 Å². The van der Waals surface area contributed by atoms with Gasteiger partial charge in [-0.2, -0.15) is 0 Å². The van der Waals surface area contributed by atoms with E-state index in [0.717, 1.165) is 18.9 Å². The van der Waals surface area contributed by atoms with Crippen LogP contribution in [0.5, 0.6) is 5.88 Å². The number of carbonyl (C=O) groups excluding carboxylic acids is 2. The van der Waals surface area contributed by atoms with Crippen molar-refractivity contribution in [3.05, 3.63) is 58.7 Å². The predicted octanol–water partition coefficient (Wildman–Crippen LogP) is 5.06. The van der Waals surface area contributed by atoms with Crippen LogP contribution >= 0.6 is 11.6 Å². The van der Waals surface area contributed by atoms with Gasteiger partial charge < -0.3 is 14.5 Å². The van der Waals surface area contributed by atoms with Gasteiger partial charge in [-0.1, -0.05) is 24.6 Å².